The zero-order chi connectivity index (χ0) is 24.9. The molecule has 1 saturated heterocycles. The molecule has 2 aromatic carbocycles. The van der Waals surface area contributed by atoms with Crippen molar-refractivity contribution in [3.63, 3.8) is 0 Å². The van der Waals surface area contributed by atoms with Crippen molar-refractivity contribution in [1.82, 2.24) is 0 Å². The Morgan fingerprint density at radius 2 is 1.57 bits per heavy atom. The van der Waals surface area contributed by atoms with Gasteiger partial charge in [-0.05, 0) is 29.8 Å². The summed E-state index contributed by atoms with van der Waals surface area (Å²) >= 11 is 1.93. The number of allylic oxidation sites excluding steroid dienone is 1. The number of hydrogen-bond acceptors (Lipinski definition) is 9. The molecule has 0 radical (unpaired) electrons. The van der Waals surface area contributed by atoms with Crippen LogP contribution in [0.15, 0.2) is 77.3 Å². The van der Waals surface area contributed by atoms with Gasteiger partial charge in [-0.2, -0.15) is 17.0 Å². The molecule has 2 N–H and O–H groups in total. The maximum absolute atomic E-state index is 13.1. The van der Waals surface area contributed by atoms with Crippen LogP contribution >= 0.6 is 11.8 Å². The van der Waals surface area contributed by atoms with Gasteiger partial charge < -0.3 is 20.1 Å². The fourth-order valence-electron chi connectivity index (χ4n) is 4.42. The molecule has 0 amide bonds. The Hall–Kier alpha value is -3.90. The number of methoxy groups -OCH3 is 2. The van der Waals surface area contributed by atoms with Crippen LogP contribution in [0.3, 0.4) is 0 Å². The van der Waals surface area contributed by atoms with Crippen molar-refractivity contribution in [2.24, 2.45) is 5.73 Å². The lowest BCUT2D eigenvalue weighted by atomic mass is 9.81. The summed E-state index contributed by atoms with van der Waals surface area (Å²) in [5, 5.41) is 10.1. The average Bonchev–Trinajstić information content (AvgIpc) is 2.92. The second-order valence-electron chi connectivity index (χ2n) is 7.95. The molecular weight excluding hydrogens is 464 g/mol. The Morgan fingerprint density at radius 3 is 2.14 bits per heavy atom. The number of nitriles is 1. The Kier molecular flexibility index (Phi) is 7.32. The number of esters is 2. The van der Waals surface area contributed by atoms with Gasteiger partial charge in [0, 0.05) is 36.0 Å². The molecule has 0 aliphatic carbocycles. The molecule has 1 fully saturated rings. The molecule has 1 atom stereocenters. The van der Waals surface area contributed by atoms with E-state index in [9.17, 15) is 14.9 Å². The monoisotopic (exact) mass is 490 g/mol. The third-order valence-corrected chi connectivity index (χ3v) is 7.04. The van der Waals surface area contributed by atoms with Gasteiger partial charge in [-0.15, -0.1) is 0 Å². The average molecular weight is 491 g/mol. The zero-order valence-corrected chi connectivity index (χ0v) is 20.4. The third kappa shape index (κ3) is 4.57. The predicted octanol–water partition coefficient (Wildman–Crippen LogP) is 3.14. The minimum Gasteiger partial charge on any atom is -0.466 e. The minimum absolute atomic E-state index is 0.00608. The topological polar surface area (TPSA) is 109 Å². The smallest absolute Gasteiger partial charge is 0.355 e. The van der Waals surface area contributed by atoms with Crippen LogP contribution in [0.25, 0.3) is 0 Å². The molecule has 0 aromatic heterocycles. The summed E-state index contributed by atoms with van der Waals surface area (Å²) in [6.45, 7) is 1.90. The molecular formula is C26H26N4O4S. The zero-order valence-electron chi connectivity index (χ0n) is 19.6. The van der Waals surface area contributed by atoms with Crippen LogP contribution in [-0.4, -0.2) is 50.8 Å². The highest BCUT2D eigenvalue weighted by atomic mass is 32.2. The predicted molar refractivity (Wildman–Crippen MR) is 136 cm³/mol. The van der Waals surface area contributed by atoms with Crippen LogP contribution < -0.4 is 15.5 Å². The summed E-state index contributed by atoms with van der Waals surface area (Å²) < 4.78 is 10.1. The normalized spacial score (nSPS) is 18.3. The molecule has 8 nitrogen and oxygen atoms in total. The van der Waals surface area contributed by atoms with E-state index < -0.39 is 17.9 Å². The quantitative estimate of drug-likeness (QED) is 0.632. The molecule has 0 spiro atoms. The van der Waals surface area contributed by atoms with Gasteiger partial charge in [-0.1, -0.05) is 30.3 Å². The van der Waals surface area contributed by atoms with Gasteiger partial charge >= 0.3 is 11.9 Å². The lowest BCUT2D eigenvalue weighted by Crippen LogP contribution is -2.40. The van der Waals surface area contributed by atoms with E-state index in [0.29, 0.717) is 11.3 Å². The maximum Gasteiger partial charge on any atom is 0.355 e. The van der Waals surface area contributed by atoms with Gasteiger partial charge in [0.15, 0.2) is 0 Å². The largest absolute Gasteiger partial charge is 0.466 e. The van der Waals surface area contributed by atoms with E-state index >= 15 is 0 Å². The van der Waals surface area contributed by atoms with Crippen molar-refractivity contribution >= 4 is 35.1 Å². The molecule has 2 aromatic rings. The maximum atomic E-state index is 13.1. The number of carbonyl (C=O) groups excluding carboxylic acids is 2. The van der Waals surface area contributed by atoms with Crippen LogP contribution in [0.5, 0.6) is 0 Å². The van der Waals surface area contributed by atoms with Crippen LogP contribution in [0, 0.1) is 11.3 Å². The lowest BCUT2D eigenvalue weighted by molar-refractivity contribution is -0.139. The number of rotatable bonds is 5. The second kappa shape index (κ2) is 10.6. The first-order valence-electron chi connectivity index (χ1n) is 11.1. The van der Waals surface area contributed by atoms with E-state index in [4.69, 9.17) is 15.2 Å². The van der Waals surface area contributed by atoms with Gasteiger partial charge in [0.1, 0.15) is 11.5 Å². The van der Waals surface area contributed by atoms with Crippen molar-refractivity contribution in [2.45, 2.75) is 5.92 Å². The Balaban J connectivity index is 1.90. The highest BCUT2D eigenvalue weighted by Gasteiger charge is 2.42. The van der Waals surface area contributed by atoms with Gasteiger partial charge in [0.25, 0.3) is 0 Å². The van der Waals surface area contributed by atoms with Crippen molar-refractivity contribution in [1.29, 1.82) is 5.26 Å². The third-order valence-electron chi connectivity index (χ3n) is 6.09. The van der Waals surface area contributed by atoms with Gasteiger partial charge in [0.2, 0.25) is 0 Å². The van der Waals surface area contributed by atoms with Crippen molar-refractivity contribution in [3.8, 4) is 6.07 Å². The fraction of sp³-hybridized carbons (Fsp3) is 0.269. The summed E-state index contributed by atoms with van der Waals surface area (Å²) in [7, 11) is 2.47. The summed E-state index contributed by atoms with van der Waals surface area (Å²) in [5.41, 5.74) is 8.80. The van der Waals surface area contributed by atoms with E-state index in [0.717, 1.165) is 30.3 Å². The first-order valence-corrected chi connectivity index (χ1v) is 12.3. The fourth-order valence-corrected chi connectivity index (χ4v) is 5.32. The Morgan fingerprint density at radius 1 is 0.971 bits per heavy atom. The molecule has 2 heterocycles. The Labute approximate surface area is 208 Å². The standard InChI is InChI=1S/C26H26N4O4S/c1-33-25(31)22-21(17-6-4-3-5-7-17)20(16-27)24(28)30(23(22)26(32)34-2)19-10-8-18(9-11-19)29-12-14-35-15-13-29/h3-11,21H,12-15,28H2,1-2H3. The van der Waals surface area contributed by atoms with Crippen molar-refractivity contribution < 1.29 is 19.1 Å². The van der Waals surface area contributed by atoms with Crippen LogP contribution in [0.4, 0.5) is 11.4 Å². The van der Waals surface area contributed by atoms with Crippen molar-refractivity contribution in [2.75, 3.05) is 48.6 Å². The molecule has 4 rings (SSSR count). The molecule has 2 aliphatic rings. The molecule has 9 heteroatoms. The number of nitrogens with zero attached hydrogens (tertiary/aromatic N) is 3. The SMILES string of the molecule is COC(=O)C1=C(C(=O)OC)N(c2ccc(N3CCSCC3)cc2)C(N)=C(C#N)C1c1ccccc1. The second-order valence-corrected chi connectivity index (χ2v) is 9.18. The highest BCUT2D eigenvalue weighted by molar-refractivity contribution is 7.99. The molecule has 35 heavy (non-hydrogen) atoms. The van der Waals surface area contributed by atoms with Crippen LogP contribution in [0.1, 0.15) is 11.5 Å². The first kappa shape index (κ1) is 24.2. The molecule has 1 unspecified atom stereocenters. The van der Waals surface area contributed by atoms with Gasteiger partial charge in [-0.3, -0.25) is 4.90 Å². The van der Waals surface area contributed by atoms with E-state index in [1.807, 2.05) is 42.1 Å². The number of hydrogen-bond donors (Lipinski definition) is 1. The van der Waals surface area contributed by atoms with Crippen LogP contribution in [0.2, 0.25) is 0 Å². The molecule has 0 saturated carbocycles. The summed E-state index contributed by atoms with van der Waals surface area (Å²) in [6, 6.07) is 18.6. The van der Waals surface area contributed by atoms with Gasteiger partial charge in [0.05, 0.1) is 37.4 Å². The summed E-state index contributed by atoms with van der Waals surface area (Å²) in [6.07, 6.45) is 0. The highest BCUT2D eigenvalue weighted by Crippen LogP contribution is 2.43. The summed E-state index contributed by atoms with van der Waals surface area (Å²) in [5.74, 6) is -0.211. The van der Waals surface area contributed by atoms with E-state index in [1.54, 1.807) is 24.3 Å². The minimum atomic E-state index is -0.885. The van der Waals surface area contributed by atoms with Crippen LogP contribution in [-0.2, 0) is 19.1 Å². The Bertz CT molecular complexity index is 1210. The number of benzene rings is 2. The molecule has 2 aliphatic heterocycles. The van der Waals surface area contributed by atoms with Gasteiger partial charge in [-0.25, -0.2) is 9.59 Å². The lowest BCUT2D eigenvalue weighted by Gasteiger charge is -2.36. The van der Waals surface area contributed by atoms with E-state index in [2.05, 4.69) is 11.0 Å². The summed E-state index contributed by atoms with van der Waals surface area (Å²) in [4.78, 5) is 29.9. The number of ether oxygens (including phenoxy) is 2. The number of nitrogens with two attached hydrogens (primary N) is 1. The van der Waals surface area contributed by atoms with E-state index in [1.165, 1.54) is 19.1 Å². The first-order chi connectivity index (χ1) is 17.0. The number of carbonyl (C=O) groups is 2. The van der Waals surface area contributed by atoms with Crippen molar-refractivity contribution in [3.05, 3.63) is 82.8 Å². The molecule has 0 bridgehead atoms. The number of anilines is 2. The molecule has 180 valence electrons. The number of thioether (sulfide) groups is 1. The van der Waals surface area contributed by atoms with E-state index in [-0.39, 0.29) is 22.7 Å².